The summed E-state index contributed by atoms with van der Waals surface area (Å²) in [6.07, 6.45) is 1.59. The molecule has 0 saturated carbocycles. The van der Waals surface area contributed by atoms with Crippen LogP contribution in [0.3, 0.4) is 0 Å². The minimum atomic E-state index is -0.0156. The number of nitrogens with two attached hydrogens (primary N) is 1. The first-order valence-corrected chi connectivity index (χ1v) is 7.70. The van der Waals surface area contributed by atoms with Crippen LogP contribution in [0, 0.1) is 0 Å². The van der Waals surface area contributed by atoms with E-state index in [4.69, 9.17) is 5.73 Å². The van der Waals surface area contributed by atoms with Crippen molar-refractivity contribution < 1.29 is 4.79 Å². The van der Waals surface area contributed by atoms with Gasteiger partial charge in [-0.1, -0.05) is 24.3 Å². The number of rotatable bonds is 6. The highest BCUT2D eigenvalue weighted by molar-refractivity contribution is 7.09. The maximum Gasteiger partial charge on any atom is 0.251 e. The van der Waals surface area contributed by atoms with Crippen molar-refractivity contribution in [3.05, 3.63) is 57.8 Å². The molecular formula is C16H20N2OS. The van der Waals surface area contributed by atoms with Gasteiger partial charge in [0.05, 0.1) is 0 Å². The van der Waals surface area contributed by atoms with Crippen LogP contribution < -0.4 is 11.1 Å². The lowest BCUT2D eigenvalue weighted by Crippen LogP contribution is -2.34. The summed E-state index contributed by atoms with van der Waals surface area (Å²) in [5.74, 6) is -0.0156. The highest BCUT2D eigenvalue weighted by Gasteiger charge is 2.13. The molecule has 1 aromatic carbocycles. The Bertz CT molecular complexity index is 551. The van der Waals surface area contributed by atoms with Crippen LogP contribution in [0.1, 0.15) is 27.7 Å². The Kier molecular flexibility index (Phi) is 5.32. The summed E-state index contributed by atoms with van der Waals surface area (Å²) in [4.78, 5) is 13.6. The number of carbonyl (C=O) groups excluding carboxylic acids is 1. The average molecular weight is 288 g/mol. The van der Waals surface area contributed by atoms with Gasteiger partial charge in [-0.3, -0.25) is 4.79 Å². The summed E-state index contributed by atoms with van der Waals surface area (Å²) in [6, 6.07) is 11.9. The van der Waals surface area contributed by atoms with Gasteiger partial charge in [0, 0.05) is 22.9 Å². The molecule has 0 radical (unpaired) electrons. The van der Waals surface area contributed by atoms with Crippen molar-refractivity contribution in [2.24, 2.45) is 5.73 Å². The third-order valence-electron chi connectivity index (χ3n) is 3.14. The fraction of sp³-hybridized carbons (Fsp3) is 0.312. The van der Waals surface area contributed by atoms with Gasteiger partial charge in [-0.2, -0.15) is 0 Å². The van der Waals surface area contributed by atoms with Crippen LogP contribution in [0.4, 0.5) is 0 Å². The van der Waals surface area contributed by atoms with Gasteiger partial charge >= 0.3 is 0 Å². The second kappa shape index (κ2) is 7.22. The topological polar surface area (TPSA) is 55.1 Å². The summed E-state index contributed by atoms with van der Waals surface area (Å²) < 4.78 is 0. The Morgan fingerprint density at radius 1 is 1.30 bits per heavy atom. The van der Waals surface area contributed by atoms with E-state index in [9.17, 15) is 4.79 Å². The lowest BCUT2D eigenvalue weighted by Gasteiger charge is -2.15. The van der Waals surface area contributed by atoms with Gasteiger partial charge in [-0.15, -0.1) is 11.3 Å². The molecule has 1 amide bonds. The van der Waals surface area contributed by atoms with Crippen molar-refractivity contribution >= 4 is 17.2 Å². The van der Waals surface area contributed by atoms with E-state index in [0.29, 0.717) is 6.54 Å². The zero-order valence-electron chi connectivity index (χ0n) is 11.6. The van der Waals surface area contributed by atoms with Gasteiger partial charge in [-0.25, -0.2) is 0 Å². The van der Waals surface area contributed by atoms with Crippen molar-refractivity contribution in [2.75, 3.05) is 6.54 Å². The largest absolute Gasteiger partial charge is 0.349 e. The van der Waals surface area contributed by atoms with Crippen LogP contribution in [-0.4, -0.2) is 18.5 Å². The highest BCUT2D eigenvalue weighted by Crippen LogP contribution is 2.13. The normalized spacial score (nSPS) is 12.1. The molecule has 1 atom stereocenters. The van der Waals surface area contributed by atoms with Gasteiger partial charge in [0.15, 0.2) is 0 Å². The molecule has 1 heterocycles. The Hall–Kier alpha value is -1.65. The van der Waals surface area contributed by atoms with E-state index >= 15 is 0 Å². The molecule has 1 aromatic heterocycles. The van der Waals surface area contributed by atoms with Crippen molar-refractivity contribution in [1.29, 1.82) is 0 Å². The van der Waals surface area contributed by atoms with Crippen LogP contribution in [0.5, 0.6) is 0 Å². The number of carbonyl (C=O) groups is 1. The molecule has 106 valence electrons. The molecule has 4 heteroatoms. The zero-order chi connectivity index (χ0) is 14.4. The van der Waals surface area contributed by atoms with Crippen LogP contribution in [0.25, 0.3) is 0 Å². The number of benzene rings is 1. The number of amides is 1. The smallest absolute Gasteiger partial charge is 0.251 e. The van der Waals surface area contributed by atoms with Gasteiger partial charge < -0.3 is 11.1 Å². The van der Waals surface area contributed by atoms with Crippen LogP contribution in [-0.2, 0) is 12.8 Å². The van der Waals surface area contributed by atoms with Gasteiger partial charge in [0.2, 0.25) is 0 Å². The van der Waals surface area contributed by atoms with Crippen LogP contribution in [0.15, 0.2) is 41.8 Å². The molecule has 0 aliphatic heterocycles. The molecule has 0 saturated heterocycles. The summed E-state index contributed by atoms with van der Waals surface area (Å²) in [5, 5.41) is 5.12. The first-order valence-electron chi connectivity index (χ1n) is 6.82. The standard InChI is InChI=1S/C16H20N2OS/c1-12(11-14-6-4-10-20-14)18-16(19)15-7-3-2-5-13(15)8-9-17/h2-7,10,12H,8-9,11,17H2,1H3,(H,18,19). The molecule has 1 unspecified atom stereocenters. The molecule has 0 spiro atoms. The minimum Gasteiger partial charge on any atom is -0.349 e. The van der Waals surface area contributed by atoms with Crippen molar-refractivity contribution in [1.82, 2.24) is 5.32 Å². The number of thiophene rings is 1. The highest BCUT2D eigenvalue weighted by atomic mass is 32.1. The lowest BCUT2D eigenvalue weighted by atomic mass is 10.0. The number of hydrogen-bond donors (Lipinski definition) is 2. The Balaban J connectivity index is 2.00. The molecule has 0 bridgehead atoms. The fourth-order valence-electron chi connectivity index (χ4n) is 2.20. The van der Waals surface area contributed by atoms with Crippen LogP contribution in [0.2, 0.25) is 0 Å². The summed E-state index contributed by atoms with van der Waals surface area (Å²) in [6.45, 7) is 2.58. The average Bonchev–Trinajstić information content (AvgIpc) is 2.92. The predicted molar refractivity (Wildman–Crippen MR) is 84.2 cm³/mol. The lowest BCUT2D eigenvalue weighted by molar-refractivity contribution is 0.0939. The molecule has 0 fully saturated rings. The van der Waals surface area contributed by atoms with Crippen LogP contribution >= 0.6 is 11.3 Å². The van der Waals surface area contributed by atoms with Crippen molar-refractivity contribution in [3.63, 3.8) is 0 Å². The monoisotopic (exact) mass is 288 g/mol. The molecule has 3 nitrogen and oxygen atoms in total. The van der Waals surface area contributed by atoms with Gasteiger partial charge in [0.1, 0.15) is 0 Å². The van der Waals surface area contributed by atoms with E-state index in [1.807, 2.05) is 37.3 Å². The third-order valence-corrected chi connectivity index (χ3v) is 4.04. The van der Waals surface area contributed by atoms with E-state index in [2.05, 4.69) is 16.8 Å². The van der Waals surface area contributed by atoms with Gasteiger partial charge in [-0.05, 0) is 43.0 Å². The Labute approximate surface area is 123 Å². The fourth-order valence-corrected chi connectivity index (χ4v) is 3.03. The minimum absolute atomic E-state index is 0.0156. The van der Waals surface area contributed by atoms with E-state index in [-0.39, 0.29) is 11.9 Å². The predicted octanol–water partition coefficient (Wildman–Crippen LogP) is 2.61. The number of hydrogen-bond acceptors (Lipinski definition) is 3. The molecule has 0 aliphatic rings. The zero-order valence-corrected chi connectivity index (χ0v) is 12.5. The molecule has 2 rings (SSSR count). The SMILES string of the molecule is CC(Cc1cccs1)NC(=O)c1ccccc1CCN. The maximum atomic E-state index is 12.3. The first kappa shape index (κ1) is 14.8. The summed E-state index contributed by atoms with van der Waals surface area (Å²) >= 11 is 1.72. The van der Waals surface area contributed by atoms with E-state index < -0.39 is 0 Å². The molecule has 3 N–H and O–H groups in total. The summed E-state index contributed by atoms with van der Waals surface area (Å²) in [7, 11) is 0. The van der Waals surface area contributed by atoms with E-state index in [1.54, 1.807) is 11.3 Å². The third kappa shape index (κ3) is 3.92. The molecule has 0 aliphatic carbocycles. The number of nitrogens with one attached hydrogen (secondary N) is 1. The molecule has 2 aromatic rings. The quantitative estimate of drug-likeness (QED) is 0.858. The molecule has 20 heavy (non-hydrogen) atoms. The van der Waals surface area contributed by atoms with Gasteiger partial charge in [0.25, 0.3) is 5.91 Å². The van der Waals surface area contributed by atoms with E-state index in [1.165, 1.54) is 4.88 Å². The second-order valence-corrected chi connectivity index (χ2v) is 5.89. The Morgan fingerprint density at radius 2 is 2.10 bits per heavy atom. The van der Waals surface area contributed by atoms with Crippen molar-refractivity contribution in [3.8, 4) is 0 Å². The Morgan fingerprint density at radius 3 is 2.80 bits per heavy atom. The summed E-state index contributed by atoms with van der Waals surface area (Å²) in [5.41, 5.74) is 7.33. The van der Waals surface area contributed by atoms with Crippen molar-refractivity contribution in [2.45, 2.75) is 25.8 Å². The van der Waals surface area contributed by atoms with E-state index in [0.717, 1.165) is 24.0 Å². The first-order chi connectivity index (χ1) is 9.70. The molecular weight excluding hydrogens is 268 g/mol. The second-order valence-electron chi connectivity index (χ2n) is 4.85. The maximum absolute atomic E-state index is 12.3.